The van der Waals surface area contributed by atoms with Gasteiger partial charge in [-0.25, -0.2) is 0 Å². The maximum atomic E-state index is 3.60. The Bertz CT molecular complexity index is 168. The summed E-state index contributed by atoms with van der Waals surface area (Å²) in [4.78, 5) is 2.70. The largest absolute Gasteiger partial charge is 0.311 e. The average molecular weight is 212 g/mol. The van der Waals surface area contributed by atoms with Crippen LogP contribution in [0.25, 0.3) is 0 Å². The van der Waals surface area contributed by atoms with Crippen molar-refractivity contribution in [1.82, 2.24) is 10.2 Å². The van der Waals surface area contributed by atoms with E-state index in [4.69, 9.17) is 0 Å². The van der Waals surface area contributed by atoms with Crippen molar-refractivity contribution in [3.05, 3.63) is 0 Å². The first-order chi connectivity index (χ1) is 7.13. The predicted molar refractivity (Wildman–Crippen MR) is 67.2 cm³/mol. The maximum Gasteiger partial charge on any atom is 0.0223 e. The van der Waals surface area contributed by atoms with Gasteiger partial charge >= 0.3 is 0 Å². The van der Waals surface area contributed by atoms with Crippen LogP contribution in [0.2, 0.25) is 0 Å². The molecule has 2 heteroatoms. The molecule has 1 rings (SSSR count). The summed E-state index contributed by atoms with van der Waals surface area (Å²) in [7, 11) is 0. The van der Waals surface area contributed by atoms with Crippen molar-refractivity contribution in [2.75, 3.05) is 19.6 Å². The molecule has 1 heterocycles. The van der Waals surface area contributed by atoms with Crippen LogP contribution in [-0.2, 0) is 0 Å². The molecular formula is C13H28N2. The quantitative estimate of drug-likeness (QED) is 0.753. The second kappa shape index (κ2) is 6.49. The van der Waals surface area contributed by atoms with Crippen LogP contribution >= 0.6 is 0 Å². The third-order valence-corrected chi connectivity index (χ3v) is 3.27. The van der Waals surface area contributed by atoms with Gasteiger partial charge in [0, 0.05) is 25.2 Å². The van der Waals surface area contributed by atoms with Gasteiger partial charge in [-0.2, -0.15) is 0 Å². The van der Waals surface area contributed by atoms with E-state index in [-0.39, 0.29) is 0 Å². The molecule has 0 aromatic rings. The van der Waals surface area contributed by atoms with Crippen molar-refractivity contribution >= 4 is 0 Å². The van der Waals surface area contributed by atoms with Crippen LogP contribution < -0.4 is 5.32 Å². The molecule has 2 unspecified atom stereocenters. The Morgan fingerprint density at radius 3 is 2.73 bits per heavy atom. The van der Waals surface area contributed by atoms with Gasteiger partial charge in [-0.1, -0.05) is 27.2 Å². The van der Waals surface area contributed by atoms with Gasteiger partial charge in [0.25, 0.3) is 0 Å². The lowest BCUT2D eigenvalue weighted by molar-refractivity contribution is 0.117. The summed E-state index contributed by atoms with van der Waals surface area (Å²) in [6, 6.07) is 1.44. The average Bonchev–Trinajstić information content (AvgIpc) is 2.18. The normalized spacial score (nSPS) is 28.6. The minimum absolute atomic E-state index is 0.672. The summed E-state index contributed by atoms with van der Waals surface area (Å²) in [6.45, 7) is 12.9. The molecule has 0 spiro atoms. The highest BCUT2D eigenvalue weighted by atomic mass is 15.2. The van der Waals surface area contributed by atoms with Crippen LogP contribution in [-0.4, -0.2) is 36.6 Å². The molecular weight excluding hydrogens is 184 g/mol. The van der Waals surface area contributed by atoms with Gasteiger partial charge in [0.15, 0.2) is 0 Å². The van der Waals surface area contributed by atoms with Crippen LogP contribution in [0.15, 0.2) is 0 Å². The first kappa shape index (κ1) is 13.0. The summed E-state index contributed by atoms with van der Waals surface area (Å²) in [5, 5.41) is 3.60. The Balaban J connectivity index is 2.42. The maximum absolute atomic E-state index is 3.60. The Labute approximate surface area is 95.4 Å². The zero-order valence-electron chi connectivity index (χ0n) is 10.9. The summed E-state index contributed by atoms with van der Waals surface area (Å²) < 4.78 is 0. The van der Waals surface area contributed by atoms with Crippen LogP contribution in [0.5, 0.6) is 0 Å². The number of hydrogen-bond acceptors (Lipinski definition) is 2. The second-order valence-electron chi connectivity index (χ2n) is 5.44. The number of hydrogen-bond donors (Lipinski definition) is 1. The van der Waals surface area contributed by atoms with Gasteiger partial charge in [0.1, 0.15) is 0 Å². The van der Waals surface area contributed by atoms with Crippen molar-refractivity contribution in [2.24, 2.45) is 5.92 Å². The van der Waals surface area contributed by atoms with Gasteiger partial charge in [-0.15, -0.1) is 0 Å². The number of nitrogens with one attached hydrogen (secondary N) is 1. The molecule has 0 aromatic carbocycles. The number of unbranched alkanes of at least 4 members (excludes halogenated alkanes) is 1. The van der Waals surface area contributed by atoms with Crippen molar-refractivity contribution in [1.29, 1.82) is 0 Å². The molecule has 2 atom stereocenters. The molecule has 1 aliphatic rings. The minimum Gasteiger partial charge on any atom is -0.311 e. The van der Waals surface area contributed by atoms with Gasteiger partial charge in [0.05, 0.1) is 0 Å². The molecule has 1 saturated heterocycles. The summed E-state index contributed by atoms with van der Waals surface area (Å²) in [6.07, 6.45) is 4.00. The lowest BCUT2D eigenvalue weighted by Crippen LogP contribution is -2.55. The Morgan fingerprint density at radius 1 is 1.40 bits per heavy atom. The van der Waals surface area contributed by atoms with E-state index in [0.29, 0.717) is 6.04 Å². The number of rotatable bonds is 5. The van der Waals surface area contributed by atoms with Crippen molar-refractivity contribution in [3.63, 3.8) is 0 Å². The van der Waals surface area contributed by atoms with E-state index in [1.54, 1.807) is 0 Å². The molecule has 15 heavy (non-hydrogen) atoms. The van der Waals surface area contributed by atoms with E-state index >= 15 is 0 Å². The van der Waals surface area contributed by atoms with Crippen LogP contribution in [0.3, 0.4) is 0 Å². The van der Waals surface area contributed by atoms with Crippen LogP contribution in [0.4, 0.5) is 0 Å². The third-order valence-electron chi connectivity index (χ3n) is 3.27. The lowest BCUT2D eigenvalue weighted by Gasteiger charge is -2.40. The molecule has 0 radical (unpaired) electrons. The van der Waals surface area contributed by atoms with Crippen LogP contribution in [0.1, 0.15) is 47.0 Å². The van der Waals surface area contributed by atoms with Gasteiger partial charge in [0.2, 0.25) is 0 Å². The lowest BCUT2D eigenvalue weighted by atomic mass is 9.99. The zero-order valence-corrected chi connectivity index (χ0v) is 10.9. The highest BCUT2D eigenvalue weighted by molar-refractivity contribution is 4.84. The van der Waals surface area contributed by atoms with Crippen molar-refractivity contribution < 1.29 is 0 Å². The van der Waals surface area contributed by atoms with E-state index in [1.165, 1.54) is 38.9 Å². The highest BCUT2D eigenvalue weighted by Crippen LogP contribution is 2.15. The summed E-state index contributed by atoms with van der Waals surface area (Å²) in [5.74, 6) is 0.814. The van der Waals surface area contributed by atoms with E-state index in [1.807, 2.05) is 0 Å². The number of piperazine rings is 1. The van der Waals surface area contributed by atoms with Gasteiger partial charge < -0.3 is 5.32 Å². The Kier molecular flexibility index (Phi) is 5.62. The third kappa shape index (κ3) is 4.52. The Hall–Kier alpha value is -0.0800. The predicted octanol–water partition coefficient (Wildman–Crippen LogP) is 2.49. The minimum atomic E-state index is 0.672. The first-order valence-corrected chi connectivity index (χ1v) is 6.61. The Morgan fingerprint density at radius 2 is 2.13 bits per heavy atom. The van der Waals surface area contributed by atoms with Gasteiger partial charge in [-0.05, 0) is 32.2 Å². The fourth-order valence-corrected chi connectivity index (χ4v) is 2.44. The fourth-order valence-electron chi connectivity index (χ4n) is 2.44. The van der Waals surface area contributed by atoms with Gasteiger partial charge in [-0.3, -0.25) is 4.90 Å². The molecule has 0 saturated carbocycles. The molecule has 1 aliphatic heterocycles. The fraction of sp³-hybridized carbons (Fsp3) is 1.00. The molecule has 0 aromatic heterocycles. The molecule has 0 bridgehead atoms. The van der Waals surface area contributed by atoms with E-state index in [9.17, 15) is 0 Å². The molecule has 2 nitrogen and oxygen atoms in total. The van der Waals surface area contributed by atoms with E-state index in [2.05, 4.69) is 37.9 Å². The van der Waals surface area contributed by atoms with Crippen molar-refractivity contribution in [3.8, 4) is 0 Å². The zero-order chi connectivity index (χ0) is 11.3. The standard InChI is InChI=1S/C13H28N2/c1-5-6-7-15-10-12(4)14-9-13(15)8-11(2)3/h11-14H,5-10H2,1-4H3. The molecule has 1 fully saturated rings. The molecule has 0 amide bonds. The monoisotopic (exact) mass is 212 g/mol. The smallest absolute Gasteiger partial charge is 0.0223 e. The second-order valence-corrected chi connectivity index (χ2v) is 5.44. The van der Waals surface area contributed by atoms with Crippen molar-refractivity contribution in [2.45, 2.75) is 59.0 Å². The molecule has 1 N–H and O–H groups in total. The first-order valence-electron chi connectivity index (χ1n) is 6.61. The summed E-state index contributed by atoms with van der Waals surface area (Å²) in [5.41, 5.74) is 0. The van der Waals surface area contributed by atoms with Crippen LogP contribution in [0, 0.1) is 5.92 Å². The number of nitrogens with zero attached hydrogens (tertiary/aromatic N) is 1. The summed E-state index contributed by atoms with van der Waals surface area (Å²) >= 11 is 0. The van der Waals surface area contributed by atoms with E-state index in [0.717, 1.165) is 12.0 Å². The topological polar surface area (TPSA) is 15.3 Å². The molecule has 90 valence electrons. The van der Waals surface area contributed by atoms with E-state index < -0.39 is 0 Å². The highest BCUT2D eigenvalue weighted by Gasteiger charge is 2.25. The molecule has 0 aliphatic carbocycles. The SMILES string of the molecule is CCCCN1CC(C)NCC1CC(C)C.